The number of amides is 1. The van der Waals surface area contributed by atoms with E-state index in [-0.39, 0.29) is 31.1 Å². The molecule has 0 fully saturated rings. The molecule has 0 radical (unpaired) electrons. The minimum atomic E-state index is -4.95. The molecule has 0 N–H and O–H groups in total. The molecule has 1 aliphatic rings. The van der Waals surface area contributed by atoms with Gasteiger partial charge in [-0.1, -0.05) is 6.92 Å². The summed E-state index contributed by atoms with van der Waals surface area (Å²) in [4.78, 5) is 26.5. The Morgan fingerprint density at radius 1 is 1.52 bits per heavy atom. The lowest BCUT2D eigenvalue weighted by Gasteiger charge is -2.23. The van der Waals surface area contributed by atoms with Crippen LogP contribution < -0.4 is 4.74 Å². The van der Waals surface area contributed by atoms with E-state index in [0.29, 0.717) is 16.2 Å². The number of hydrogen-bond acceptors (Lipinski definition) is 5. The Hall–Kier alpha value is -2.39. The van der Waals surface area contributed by atoms with Gasteiger partial charge in [-0.25, -0.2) is 4.98 Å². The van der Waals surface area contributed by atoms with Gasteiger partial charge in [-0.3, -0.25) is 14.9 Å². The van der Waals surface area contributed by atoms with E-state index in [9.17, 15) is 28.1 Å². The molecule has 0 saturated carbocycles. The normalized spacial score (nSPS) is 18.1. The van der Waals surface area contributed by atoms with E-state index in [1.807, 2.05) is 0 Å². The highest BCUT2D eigenvalue weighted by molar-refractivity contribution is 5.82. The van der Waals surface area contributed by atoms with Crippen LogP contribution in [0.4, 0.5) is 18.9 Å². The fraction of sp³-hybridized carbons (Fsp3) is 0.538. The predicted molar refractivity (Wildman–Crippen MR) is 72.2 cm³/mol. The third-order valence-electron chi connectivity index (χ3n) is 3.64. The van der Waals surface area contributed by atoms with Crippen LogP contribution in [0.2, 0.25) is 0 Å². The van der Waals surface area contributed by atoms with Crippen LogP contribution in [0.5, 0.6) is 5.88 Å². The molecule has 0 bridgehead atoms. The summed E-state index contributed by atoms with van der Waals surface area (Å²) in [6, 6.07) is 1.26. The monoisotopic (exact) mass is 333 g/mol. The quantitative estimate of drug-likeness (QED) is 0.611. The van der Waals surface area contributed by atoms with E-state index < -0.39 is 22.9 Å². The van der Waals surface area contributed by atoms with Gasteiger partial charge in [-0.2, -0.15) is 13.2 Å². The Labute approximate surface area is 129 Å². The number of methoxy groups -OCH3 is 1. The van der Waals surface area contributed by atoms with Gasteiger partial charge in [0.1, 0.15) is 0 Å². The molecule has 1 aromatic heterocycles. The van der Waals surface area contributed by atoms with Crippen molar-refractivity contribution < 1.29 is 27.6 Å². The summed E-state index contributed by atoms with van der Waals surface area (Å²) in [7, 11) is 1.22. The number of fused-ring (bicyclic) bond motifs is 1. The lowest BCUT2D eigenvalue weighted by Crippen LogP contribution is -2.42. The Bertz CT molecular complexity index is 648. The predicted octanol–water partition coefficient (Wildman–Crippen LogP) is 2.05. The van der Waals surface area contributed by atoms with Crippen LogP contribution in [0.25, 0.3) is 0 Å². The van der Waals surface area contributed by atoms with Gasteiger partial charge in [0.05, 0.1) is 17.7 Å². The number of aromatic nitrogens is 1. The number of carbonyl (C=O) groups is 1. The third kappa shape index (κ3) is 3.35. The van der Waals surface area contributed by atoms with Crippen molar-refractivity contribution in [3.63, 3.8) is 0 Å². The summed E-state index contributed by atoms with van der Waals surface area (Å²) < 4.78 is 42.6. The van der Waals surface area contributed by atoms with E-state index in [1.54, 1.807) is 6.92 Å². The topological polar surface area (TPSA) is 85.6 Å². The molecule has 10 heteroatoms. The Morgan fingerprint density at radius 2 is 2.17 bits per heavy atom. The van der Waals surface area contributed by atoms with Crippen molar-refractivity contribution in [3.8, 4) is 5.88 Å². The van der Waals surface area contributed by atoms with Gasteiger partial charge >= 0.3 is 17.8 Å². The van der Waals surface area contributed by atoms with Crippen LogP contribution in [-0.2, 0) is 11.2 Å². The van der Waals surface area contributed by atoms with E-state index in [4.69, 9.17) is 4.74 Å². The lowest BCUT2D eigenvalue weighted by molar-refractivity contribution is -0.386. The third-order valence-corrected chi connectivity index (χ3v) is 3.64. The standard InChI is InChI=1S/C13H14F3N3O4/c1-7-6-18(12(20)13(14,15)16)4-3-9-8(7)5-10(19(21)22)11(17-9)23-2/h5,7H,3-4,6H2,1-2H3. The molecule has 0 aromatic carbocycles. The molecule has 1 aromatic rings. The van der Waals surface area contributed by atoms with Crippen LogP contribution in [-0.4, -0.2) is 47.1 Å². The molecule has 23 heavy (non-hydrogen) atoms. The van der Waals surface area contributed by atoms with Crippen molar-refractivity contribution in [2.24, 2.45) is 0 Å². The molecular weight excluding hydrogens is 319 g/mol. The van der Waals surface area contributed by atoms with Gasteiger partial charge in [0, 0.05) is 31.5 Å². The fourth-order valence-electron chi connectivity index (χ4n) is 2.57. The largest absolute Gasteiger partial charge is 0.476 e. The Balaban J connectivity index is 2.39. The summed E-state index contributed by atoms with van der Waals surface area (Å²) in [5.41, 5.74) is 0.501. The van der Waals surface area contributed by atoms with Gasteiger partial charge in [0.2, 0.25) is 0 Å². The molecule has 2 rings (SSSR count). The van der Waals surface area contributed by atoms with Gasteiger partial charge in [0.25, 0.3) is 5.88 Å². The summed E-state index contributed by atoms with van der Waals surface area (Å²) in [5, 5.41) is 11.0. The van der Waals surface area contributed by atoms with Crippen molar-refractivity contribution in [3.05, 3.63) is 27.4 Å². The van der Waals surface area contributed by atoms with Crippen LogP contribution >= 0.6 is 0 Å². The Morgan fingerprint density at radius 3 is 2.70 bits per heavy atom. The highest BCUT2D eigenvalue weighted by atomic mass is 19.4. The summed E-state index contributed by atoms with van der Waals surface area (Å²) in [6.07, 6.45) is -4.89. The first-order chi connectivity index (χ1) is 10.6. The maximum absolute atomic E-state index is 12.6. The SMILES string of the molecule is COc1nc2c(cc1[N+](=O)[O-])C(C)CN(C(=O)C(F)(F)F)CC2. The fourth-order valence-corrected chi connectivity index (χ4v) is 2.57. The van der Waals surface area contributed by atoms with E-state index in [2.05, 4.69) is 4.98 Å². The highest BCUT2D eigenvalue weighted by Gasteiger charge is 2.43. The molecule has 2 heterocycles. The minimum Gasteiger partial charge on any atom is -0.476 e. The zero-order chi connectivity index (χ0) is 17.4. The molecule has 7 nitrogen and oxygen atoms in total. The number of rotatable bonds is 2. The Kier molecular flexibility index (Phi) is 4.44. The summed E-state index contributed by atoms with van der Waals surface area (Å²) in [6.45, 7) is 1.25. The first-order valence-corrected chi connectivity index (χ1v) is 6.73. The zero-order valence-electron chi connectivity index (χ0n) is 12.4. The van der Waals surface area contributed by atoms with Gasteiger partial charge in [-0.05, 0) is 5.56 Å². The van der Waals surface area contributed by atoms with Crippen LogP contribution in [0, 0.1) is 10.1 Å². The smallest absolute Gasteiger partial charge is 0.471 e. The molecule has 1 atom stereocenters. The van der Waals surface area contributed by atoms with Gasteiger partial charge < -0.3 is 9.64 Å². The highest BCUT2D eigenvalue weighted by Crippen LogP contribution is 2.33. The lowest BCUT2D eigenvalue weighted by atomic mass is 9.99. The number of pyridine rings is 1. The average molecular weight is 333 g/mol. The van der Waals surface area contributed by atoms with Gasteiger partial charge in [-0.15, -0.1) is 0 Å². The molecule has 1 amide bonds. The second-order valence-corrected chi connectivity index (χ2v) is 5.21. The number of hydrogen-bond donors (Lipinski definition) is 0. The van der Waals surface area contributed by atoms with Gasteiger partial charge in [0.15, 0.2) is 0 Å². The molecule has 1 aliphatic heterocycles. The van der Waals surface area contributed by atoms with Crippen LogP contribution in [0.1, 0.15) is 24.1 Å². The van der Waals surface area contributed by atoms with Crippen molar-refractivity contribution in [2.75, 3.05) is 20.2 Å². The summed E-state index contributed by atoms with van der Waals surface area (Å²) in [5.74, 6) is -2.63. The van der Waals surface area contributed by atoms with Crippen LogP contribution in [0.3, 0.4) is 0 Å². The maximum Gasteiger partial charge on any atom is 0.471 e. The maximum atomic E-state index is 12.6. The summed E-state index contributed by atoms with van der Waals surface area (Å²) >= 11 is 0. The number of nitrogens with zero attached hydrogens (tertiary/aromatic N) is 3. The van der Waals surface area contributed by atoms with E-state index in [1.165, 1.54) is 13.2 Å². The van der Waals surface area contributed by atoms with Crippen molar-refractivity contribution in [1.29, 1.82) is 0 Å². The van der Waals surface area contributed by atoms with E-state index >= 15 is 0 Å². The van der Waals surface area contributed by atoms with Crippen molar-refractivity contribution >= 4 is 11.6 Å². The molecule has 0 saturated heterocycles. The van der Waals surface area contributed by atoms with Crippen LogP contribution in [0.15, 0.2) is 6.07 Å². The number of nitro groups is 1. The average Bonchev–Trinajstić information content (AvgIpc) is 2.63. The second-order valence-electron chi connectivity index (χ2n) is 5.21. The number of ether oxygens (including phenoxy) is 1. The first-order valence-electron chi connectivity index (χ1n) is 6.73. The molecular formula is C13H14F3N3O4. The minimum absolute atomic E-state index is 0.0653. The first kappa shape index (κ1) is 17.0. The van der Waals surface area contributed by atoms with Crippen molar-refractivity contribution in [2.45, 2.75) is 25.4 Å². The zero-order valence-corrected chi connectivity index (χ0v) is 12.4. The van der Waals surface area contributed by atoms with Crippen molar-refractivity contribution in [1.82, 2.24) is 9.88 Å². The number of halogens is 3. The molecule has 0 spiro atoms. The molecule has 126 valence electrons. The molecule has 1 unspecified atom stereocenters. The van der Waals surface area contributed by atoms with E-state index in [0.717, 1.165) is 0 Å². The number of carbonyl (C=O) groups excluding carboxylic acids is 1. The molecule has 0 aliphatic carbocycles. The number of alkyl halides is 3. The second kappa shape index (κ2) is 6.01.